The summed E-state index contributed by atoms with van der Waals surface area (Å²) in [5, 5.41) is 5.18. The van der Waals surface area contributed by atoms with E-state index in [-0.39, 0.29) is 0 Å². The van der Waals surface area contributed by atoms with Crippen molar-refractivity contribution in [1.82, 2.24) is 0 Å². The highest BCUT2D eigenvalue weighted by molar-refractivity contribution is 7.26. The van der Waals surface area contributed by atoms with Gasteiger partial charge in [-0.15, -0.1) is 11.3 Å². The molecule has 41 heavy (non-hydrogen) atoms. The molecule has 0 fully saturated rings. The molecule has 0 bridgehead atoms. The normalized spacial score (nSPS) is 15.2. The molecule has 1 aromatic heterocycles. The molecule has 0 saturated carbocycles. The molecule has 0 atom stereocenters. The maximum absolute atomic E-state index is 4.33. The van der Waals surface area contributed by atoms with Gasteiger partial charge in [-0.1, -0.05) is 117 Å². The third-order valence-corrected chi connectivity index (χ3v) is 9.32. The first-order valence-electron chi connectivity index (χ1n) is 14.2. The number of fused-ring (bicyclic) bond motifs is 8. The summed E-state index contributed by atoms with van der Waals surface area (Å²) in [6.45, 7) is 6.57. The molecule has 0 N–H and O–H groups in total. The molecule has 0 saturated heterocycles. The van der Waals surface area contributed by atoms with E-state index >= 15 is 0 Å². The van der Waals surface area contributed by atoms with Gasteiger partial charge in [0.15, 0.2) is 0 Å². The number of rotatable bonds is 2. The number of allylic oxidation sites excluding steroid dienone is 6. The van der Waals surface area contributed by atoms with Crippen molar-refractivity contribution in [2.75, 3.05) is 11.9 Å². The number of hydrogen-bond donors (Lipinski definition) is 0. The van der Waals surface area contributed by atoms with Gasteiger partial charge in [-0.25, -0.2) is 0 Å². The summed E-state index contributed by atoms with van der Waals surface area (Å²) in [5.41, 5.74) is 9.74. The van der Waals surface area contributed by atoms with Gasteiger partial charge < -0.3 is 4.90 Å². The van der Waals surface area contributed by atoms with Crippen molar-refractivity contribution in [1.29, 1.82) is 0 Å². The van der Waals surface area contributed by atoms with Gasteiger partial charge in [-0.05, 0) is 68.8 Å². The number of thiophene rings is 1. The fraction of sp³-hybridized carbons (Fsp3) is 0.0769. The van der Waals surface area contributed by atoms with Gasteiger partial charge in [-0.3, -0.25) is 0 Å². The third kappa shape index (κ3) is 4.41. The minimum Gasteiger partial charge on any atom is -0.351 e. The Hall–Kier alpha value is -4.66. The predicted molar refractivity (Wildman–Crippen MR) is 182 cm³/mol. The van der Waals surface area contributed by atoms with Crippen LogP contribution in [0.25, 0.3) is 58.8 Å². The lowest BCUT2D eigenvalue weighted by molar-refractivity contribution is 1.20. The zero-order valence-electron chi connectivity index (χ0n) is 23.4. The van der Waals surface area contributed by atoms with Crippen LogP contribution in [0.15, 0.2) is 140 Å². The first kappa shape index (κ1) is 25.3. The first-order valence-corrected chi connectivity index (χ1v) is 15.0. The lowest BCUT2D eigenvalue weighted by Gasteiger charge is -2.24. The van der Waals surface area contributed by atoms with Gasteiger partial charge in [0, 0.05) is 44.7 Å². The van der Waals surface area contributed by atoms with E-state index in [4.69, 9.17) is 0 Å². The zero-order valence-corrected chi connectivity index (χ0v) is 24.2. The highest BCUT2D eigenvalue weighted by atomic mass is 32.1. The molecule has 198 valence electrons. The van der Waals surface area contributed by atoms with Crippen molar-refractivity contribution in [3.05, 3.63) is 145 Å². The molecule has 0 unspecified atom stereocenters. The second-order valence-corrected chi connectivity index (χ2v) is 11.7. The highest BCUT2D eigenvalue weighted by Gasteiger charge is 2.19. The van der Waals surface area contributed by atoms with Crippen molar-refractivity contribution in [2.24, 2.45) is 0 Å². The van der Waals surface area contributed by atoms with Crippen LogP contribution in [-0.4, -0.2) is 7.05 Å². The lowest BCUT2D eigenvalue weighted by Crippen LogP contribution is -2.10. The van der Waals surface area contributed by atoms with E-state index in [0.717, 1.165) is 12.0 Å². The number of benzene rings is 5. The van der Waals surface area contributed by atoms with Crippen LogP contribution >= 0.6 is 11.3 Å². The van der Waals surface area contributed by atoms with Gasteiger partial charge in [-0.2, -0.15) is 0 Å². The topological polar surface area (TPSA) is 3.24 Å². The summed E-state index contributed by atoms with van der Waals surface area (Å²) in [6, 6.07) is 35.7. The van der Waals surface area contributed by atoms with E-state index in [1.54, 1.807) is 0 Å². The number of hydrogen-bond acceptors (Lipinski definition) is 2. The van der Waals surface area contributed by atoms with Crippen LogP contribution in [0.1, 0.15) is 18.9 Å². The van der Waals surface area contributed by atoms with Crippen LogP contribution < -0.4 is 4.90 Å². The van der Waals surface area contributed by atoms with E-state index in [0.29, 0.717) is 0 Å². The molecule has 5 aromatic carbocycles. The summed E-state index contributed by atoms with van der Waals surface area (Å²) in [7, 11) is 2.14. The molecular weight excluding hydrogens is 515 g/mol. The van der Waals surface area contributed by atoms with Gasteiger partial charge >= 0.3 is 0 Å². The SMILES string of the molecule is C=C1C=C(CC)c2c(ccc3ccccc23)-c2ccc(-c3cccc4c3sc3ccccc34)cc2N(C)/C=C\C=C/1. The standard InChI is InChI=1S/C39H31NS/c1-4-27-24-26(2)12-9-10-23-40(3)36-25-29(31-16-11-17-35-33-15-7-8-18-37(33)41-39(31)35)20-21-32(36)34-22-19-28-13-5-6-14-30(28)38(27)34/h5-25H,2,4H2,1,3H3/b12-9-,23-10-,27-24?. The molecule has 2 heteroatoms. The Kier molecular flexibility index (Phi) is 6.41. The predicted octanol–water partition coefficient (Wildman–Crippen LogP) is 11.4. The van der Waals surface area contributed by atoms with Gasteiger partial charge in [0.1, 0.15) is 0 Å². The van der Waals surface area contributed by atoms with Crippen molar-refractivity contribution < 1.29 is 0 Å². The second-order valence-electron chi connectivity index (χ2n) is 10.6. The van der Waals surface area contributed by atoms with Crippen LogP contribution in [-0.2, 0) is 0 Å². The molecule has 0 spiro atoms. The Balaban J connectivity index is 1.51. The second kappa shape index (κ2) is 10.4. The summed E-state index contributed by atoms with van der Waals surface area (Å²) < 4.78 is 2.67. The summed E-state index contributed by atoms with van der Waals surface area (Å²) in [4.78, 5) is 2.24. The third-order valence-electron chi connectivity index (χ3n) is 8.10. The Morgan fingerprint density at radius 2 is 1.51 bits per heavy atom. The van der Waals surface area contributed by atoms with Crippen LogP contribution in [0, 0.1) is 0 Å². The molecule has 0 amide bonds. The van der Waals surface area contributed by atoms with Gasteiger partial charge in [0.2, 0.25) is 0 Å². The highest BCUT2D eigenvalue weighted by Crippen LogP contribution is 2.44. The average molecular weight is 546 g/mol. The Morgan fingerprint density at radius 1 is 0.732 bits per heavy atom. The zero-order chi connectivity index (χ0) is 27.9. The van der Waals surface area contributed by atoms with Crippen molar-refractivity contribution in [2.45, 2.75) is 13.3 Å². The maximum atomic E-state index is 4.33. The van der Waals surface area contributed by atoms with E-state index in [9.17, 15) is 0 Å². The largest absolute Gasteiger partial charge is 0.351 e. The molecule has 1 nitrogen and oxygen atoms in total. The molecule has 7 rings (SSSR count). The average Bonchev–Trinajstić information content (AvgIpc) is 3.40. The Bertz CT molecular complexity index is 2070. The van der Waals surface area contributed by atoms with E-state index < -0.39 is 0 Å². The van der Waals surface area contributed by atoms with Gasteiger partial charge in [0.05, 0.1) is 0 Å². The van der Waals surface area contributed by atoms with Crippen molar-refractivity contribution in [3.8, 4) is 22.3 Å². The Morgan fingerprint density at radius 3 is 2.39 bits per heavy atom. The number of anilines is 1. The lowest BCUT2D eigenvalue weighted by atomic mass is 9.86. The molecule has 6 aromatic rings. The quantitative estimate of drug-likeness (QED) is 0.209. The maximum Gasteiger partial charge on any atom is 0.0489 e. The first-order chi connectivity index (χ1) is 20.1. The molecular formula is C39H31NS. The molecule has 1 aliphatic rings. The minimum absolute atomic E-state index is 0.918. The van der Waals surface area contributed by atoms with Gasteiger partial charge in [0.25, 0.3) is 0 Å². The van der Waals surface area contributed by atoms with Crippen LogP contribution in [0.3, 0.4) is 0 Å². The fourth-order valence-electron chi connectivity index (χ4n) is 6.10. The monoisotopic (exact) mass is 545 g/mol. The van der Waals surface area contributed by atoms with Crippen LogP contribution in [0.4, 0.5) is 5.69 Å². The van der Waals surface area contributed by atoms with Crippen LogP contribution in [0.5, 0.6) is 0 Å². The smallest absolute Gasteiger partial charge is 0.0489 e. The minimum atomic E-state index is 0.918. The molecule has 2 heterocycles. The summed E-state index contributed by atoms with van der Waals surface area (Å²) in [6.07, 6.45) is 11.6. The van der Waals surface area contributed by atoms with Crippen LogP contribution in [0.2, 0.25) is 0 Å². The molecule has 0 radical (unpaired) electrons. The van der Waals surface area contributed by atoms with Crippen molar-refractivity contribution >= 4 is 53.5 Å². The Labute approximate surface area is 245 Å². The van der Waals surface area contributed by atoms with E-state index in [2.05, 4.69) is 153 Å². The van der Waals surface area contributed by atoms with E-state index in [1.807, 2.05) is 11.3 Å². The number of nitrogens with zero attached hydrogens (tertiary/aromatic N) is 1. The molecule has 0 aliphatic carbocycles. The van der Waals surface area contributed by atoms with Crippen molar-refractivity contribution in [3.63, 3.8) is 0 Å². The fourth-order valence-corrected chi connectivity index (χ4v) is 7.33. The van der Waals surface area contributed by atoms with E-state index in [1.165, 1.54) is 70.0 Å². The summed E-state index contributed by atoms with van der Waals surface area (Å²) in [5.74, 6) is 0. The summed E-state index contributed by atoms with van der Waals surface area (Å²) >= 11 is 1.88. The molecule has 1 aliphatic heterocycles.